The van der Waals surface area contributed by atoms with Gasteiger partial charge in [-0.25, -0.2) is 13.8 Å². The first kappa shape index (κ1) is 29.0. The number of carbonyl (C=O) groups excluding carboxylic acids is 1. The number of fused-ring (bicyclic) bond motifs is 1. The number of halogens is 3. The van der Waals surface area contributed by atoms with Gasteiger partial charge in [-0.3, -0.25) is 4.79 Å². The highest BCUT2D eigenvalue weighted by molar-refractivity contribution is 6.34. The second-order valence-corrected chi connectivity index (χ2v) is 11.8. The summed E-state index contributed by atoms with van der Waals surface area (Å²) >= 11 is 6.59. The van der Waals surface area contributed by atoms with E-state index < -0.39 is 17.4 Å². The van der Waals surface area contributed by atoms with Crippen LogP contribution in [-0.4, -0.2) is 76.7 Å². The lowest BCUT2D eigenvalue weighted by atomic mass is 10.00. The van der Waals surface area contributed by atoms with E-state index in [-0.39, 0.29) is 45.7 Å². The van der Waals surface area contributed by atoms with Crippen LogP contribution in [0.4, 0.5) is 20.5 Å². The van der Waals surface area contributed by atoms with Crippen LogP contribution >= 0.6 is 11.6 Å². The second-order valence-electron chi connectivity index (χ2n) is 11.4. The molecule has 2 aliphatic heterocycles. The summed E-state index contributed by atoms with van der Waals surface area (Å²) in [6.07, 6.45) is 1.31. The molecule has 3 aromatic rings. The van der Waals surface area contributed by atoms with Crippen molar-refractivity contribution in [2.24, 2.45) is 5.92 Å². The Hall–Kier alpha value is -3.50. The minimum absolute atomic E-state index is 0.0184. The third-order valence-electron chi connectivity index (χ3n) is 7.79. The normalized spacial score (nSPS) is 19.7. The van der Waals surface area contributed by atoms with Crippen LogP contribution in [0.1, 0.15) is 27.7 Å². The average Bonchev–Trinajstić information content (AvgIpc) is 2.89. The average molecular weight is 585 g/mol. The third kappa shape index (κ3) is 5.42. The summed E-state index contributed by atoms with van der Waals surface area (Å²) in [6, 6.07) is 5.24. The lowest BCUT2D eigenvalue weighted by molar-refractivity contribution is -0.128. The van der Waals surface area contributed by atoms with Crippen LogP contribution in [0, 0.1) is 17.6 Å². The first-order valence-corrected chi connectivity index (χ1v) is 14.2. The number of piperazine rings is 1. The maximum atomic E-state index is 16.4. The summed E-state index contributed by atoms with van der Waals surface area (Å²) in [5, 5.41) is 14.2. The van der Waals surface area contributed by atoms with Gasteiger partial charge < -0.3 is 25.1 Å². The molecule has 1 aromatic heterocycles. The van der Waals surface area contributed by atoms with E-state index >= 15 is 4.39 Å². The summed E-state index contributed by atoms with van der Waals surface area (Å²) in [5.74, 6) is -0.869. The molecular weight excluding hydrogens is 550 g/mol. The van der Waals surface area contributed by atoms with Gasteiger partial charge >= 0.3 is 0 Å². The van der Waals surface area contributed by atoms with Gasteiger partial charge in [-0.1, -0.05) is 38.1 Å². The molecule has 2 N–H and O–H groups in total. The number of phenolic OH excluding ortho intramolecular Hbond substituents is 1. The number of hydrogen-bond acceptors (Lipinski definition) is 7. The molecule has 2 saturated heterocycles. The Morgan fingerprint density at radius 2 is 1.90 bits per heavy atom. The van der Waals surface area contributed by atoms with Gasteiger partial charge in [0.05, 0.1) is 10.6 Å². The standard InChI is InChI=1S/C30H35ClF2N6O2/c1-6-24(41)38-12-18(5)39(13-17(38)4)29-20-10-21(31)25(26-22(32)8-7-9-23(26)40)27(33)28(20)35-30(36-29)37-14-19(15-37)34-11-16(2)3/h6-10,16-19,34,40H,1,11-15H2,2-5H3/t17-,18+/m1/s1. The van der Waals surface area contributed by atoms with E-state index in [1.54, 1.807) is 4.90 Å². The van der Waals surface area contributed by atoms with Crippen LogP contribution < -0.4 is 15.1 Å². The minimum Gasteiger partial charge on any atom is -0.507 e. The van der Waals surface area contributed by atoms with E-state index in [4.69, 9.17) is 16.6 Å². The van der Waals surface area contributed by atoms with E-state index in [0.717, 1.165) is 12.6 Å². The maximum absolute atomic E-state index is 16.4. The molecule has 2 atom stereocenters. The van der Waals surface area contributed by atoms with Crippen molar-refractivity contribution >= 4 is 40.2 Å². The summed E-state index contributed by atoms with van der Waals surface area (Å²) in [4.78, 5) is 27.7. The summed E-state index contributed by atoms with van der Waals surface area (Å²) in [5.41, 5.74) is -0.595. The number of hydrogen-bond donors (Lipinski definition) is 2. The van der Waals surface area contributed by atoms with Crippen LogP contribution in [0.5, 0.6) is 5.75 Å². The van der Waals surface area contributed by atoms with E-state index in [0.29, 0.717) is 49.2 Å². The Balaban J connectivity index is 1.63. The van der Waals surface area contributed by atoms with Gasteiger partial charge in [-0.2, -0.15) is 4.98 Å². The predicted octanol–water partition coefficient (Wildman–Crippen LogP) is 4.98. The fraction of sp³-hybridized carbons (Fsp3) is 0.433. The van der Waals surface area contributed by atoms with Crippen molar-refractivity contribution in [3.8, 4) is 16.9 Å². The topological polar surface area (TPSA) is 84.8 Å². The molecule has 41 heavy (non-hydrogen) atoms. The smallest absolute Gasteiger partial charge is 0.246 e. The quantitative estimate of drug-likeness (QED) is 0.379. The Morgan fingerprint density at radius 3 is 2.56 bits per heavy atom. The summed E-state index contributed by atoms with van der Waals surface area (Å²) < 4.78 is 31.3. The van der Waals surface area contributed by atoms with Crippen LogP contribution in [-0.2, 0) is 4.79 Å². The zero-order chi connectivity index (χ0) is 29.6. The molecule has 3 heterocycles. The molecule has 0 spiro atoms. The van der Waals surface area contributed by atoms with Crippen molar-refractivity contribution in [1.82, 2.24) is 20.2 Å². The fourth-order valence-corrected chi connectivity index (χ4v) is 5.82. The van der Waals surface area contributed by atoms with Crippen LogP contribution in [0.25, 0.3) is 22.0 Å². The van der Waals surface area contributed by atoms with Crippen LogP contribution in [0.2, 0.25) is 5.02 Å². The van der Waals surface area contributed by atoms with Crippen LogP contribution in [0.15, 0.2) is 36.9 Å². The van der Waals surface area contributed by atoms with Crippen molar-refractivity contribution in [2.75, 3.05) is 42.5 Å². The molecule has 218 valence electrons. The lowest BCUT2D eigenvalue weighted by Crippen LogP contribution is -2.59. The molecule has 5 rings (SSSR count). The highest BCUT2D eigenvalue weighted by Crippen LogP contribution is 2.43. The second kappa shape index (κ2) is 11.4. The van der Waals surface area contributed by atoms with Gasteiger partial charge in [0, 0.05) is 55.3 Å². The number of nitrogens with zero attached hydrogens (tertiary/aromatic N) is 5. The molecule has 11 heteroatoms. The minimum atomic E-state index is -0.839. The molecule has 1 amide bonds. The molecule has 0 unspecified atom stereocenters. The van der Waals surface area contributed by atoms with Crippen molar-refractivity contribution in [3.05, 3.63) is 53.6 Å². The number of benzene rings is 2. The third-order valence-corrected chi connectivity index (χ3v) is 8.09. The Bertz CT molecular complexity index is 1480. The molecule has 0 aliphatic carbocycles. The fourth-order valence-electron chi connectivity index (χ4n) is 5.54. The van der Waals surface area contributed by atoms with E-state index in [9.17, 15) is 14.3 Å². The zero-order valence-corrected chi connectivity index (χ0v) is 24.4. The van der Waals surface area contributed by atoms with Crippen molar-refractivity contribution in [3.63, 3.8) is 0 Å². The first-order valence-electron chi connectivity index (χ1n) is 13.9. The van der Waals surface area contributed by atoms with E-state index in [1.165, 1.54) is 24.3 Å². The summed E-state index contributed by atoms with van der Waals surface area (Å²) in [6.45, 7) is 14.9. The molecule has 2 aliphatic rings. The van der Waals surface area contributed by atoms with Crippen molar-refractivity contribution in [2.45, 2.75) is 45.8 Å². The maximum Gasteiger partial charge on any atom is 0.246 e. The molecule has 2 fully saturated rings. The van der Waals surface area contributed by atoms with Gasteiger partial charge in [-0.15, -0.1) is 0 Å². The number of amides is 1. The number of nitrogens with one attached hydrogen (secondary N) is 1. The Morgan fingerprint density at radius 1 is 1.17 bits per heavy atom. The van der Waals surface area contributed by atoms with Gasteiger partial charge in [0.25, 0.3) is 0 Å². The van der Waals surface area contributed by atoms with E-state index in [1.807, 2.05) is 23.6 Å². The predicted molar refractivity (Wildman–Crippen MR) is 159 cm³/mol. The van der Waals surface area contributed by atoms with Gasteiger partial charge in [-0.05, 0) is 50.6 Å². The molecule has 0 radical (unpaired) electrons. The molecule has 0 saturated carbocycles. The Kier molecular flexibility index (Phi) is 8.07. The number of anilines is 2. The number of phenols is 1. The zero-order valence-electron chi connectivity index (χ0n) is 23.7. The SMILES string of the molecule is C=CC(=O)N1C[C@H](C)N(c2nc(N3CC(NCC(C)C)C3)nc3c(F)c(-c4c(O)cccc4F)c(Cl)cc23)C[C@H]1C. The highest BCUT2D eigenvalue weighted by atomic mass is 35.5. The Labute approximate surface area is 243 Å². The molecule has 0 bridgehead atoms. The molecule has 8 nitrogen and oxygen atoms in total. The number of aromatic nitrogens is 2. The largest absolute Gasteiger partial charge is 0.507 e. The molecular formula is C30H35ClF2N6O2. The monoisotopic (exact) mass is 584 g/mol. The van der Waals surface area contributed by atoms with Gasteiger partial charge in [0.2, 0.25) is 11.9 Å². The lowest BCUT2D eigenvalue weighted by Gasteiger charge is -2.45. The number of aromatic hydroxyl groups is 1. The number of rotatable bonds is 7. The van der Waals surface area contributed by atoms with Gasteiger partial charge in [0.1, 0.15) is 22.9 Å². The first-order chi connectivity index (χ1) is 19.5. The number of carbonyl (C=O) groups is 1. The van der Waals surface area contributed by atoms with E-state index in [2.05, 4.69) is 30.7 Å². The molecule has 2 aromatic carbocycles. The highest BCUT2D eigenvalue weighted by Gasteiger charge is 2.36. The van der Waals surface area contributed by atoms with Crippen LogP contribution in [0.3, 0.4) is 0 Å². The van der Waals surface area contributed by atoms with Crippen molar-refractivity contribution < 1.29 is 18.7 Å². The summed E-state index contributed by atoms with van der Waals surface area (Å²) in [7, 11) is 0. The van der Waals surface area contributed by atoms with Gasteiger partial charge in [0.15, 0.2) is 5.82 Å². The van der Waals surface area contributed by atoms with Crippen molar-refractivity contribution in [1.29, 1.82) is 0 Å².